The summed E-state index contributed by atoms with van der Waals surface area (Å²) in [6.45, 7) is 5.22. The summed E-state index contributed by atoms with van der Waals surface area (Å²) in [5, 5.41) is 6.13. The molecule has 5 rings (SSSR count). The maximum atomic E-state index is 13.2. The van der Waals surface area contributed by atoms with Crippen LogP contribution in [0.15, 0.2) is 78.9 Å². The summed E-state index contributed by atoms with van der Waals surface area (Å²) in [5.41, 5.74) is 3.36. The molecule has 9 nitrogen and oxygen atoms in total. The minimum Gasteiger partial charge on any atom is -0.444 e. The summed E-state index contributed by atoms with van der Waals surface area (Å²) in [6, 6.07) is 24.1. The van der Waals surface area contributed by atoms with Gasteiger partial charge in [-0.1, -0.05) is 48.5 Å². The van der Waals surface area contributed by atoms with Crippen LogP contribution in [0.2, 0.25) is 0 Å². The summed E-state index contributed by atoms with van der Waals surface area (Å²) in [5.74, 6) is -0.0583. The summed E-state index contributed by atoms with van der Waals surface area (Å²) < 4.78 is 5.46. The summed E-state index contributed by atoms with van der Waals surface area (Å²) in [7, 11) is 0. The molecular weight excluding hydrogens is 494 g/mol. The Bertz CT molecular complexity index is 1290. The van der Waals surface area contributed by atoms with Gasteiger partial charge in [0.15, 0.2) is 0 Å². The van der Waals surface area contributed by atoms with E-state index >= 15 is 0 Å². The summed E-state index contributed by atoms with van der Waals surface area (Å²) in [6.07, 6.45) is -0.593. The average molecular weight is 528 g/mol. The van der Waals surface area contributed by atoms with Gasteiger partial charge in [0.1, 0.15) is 6.61 Å². The quantitative estimate of drug-likeness (QED) is 0.510. The molecule has 2 saturated heterocycles. The molecule has 3 aromatic rings. The van der Waals surface area contributed by atoms with Crippen LogP contribution in [-0.2, 0) is 11.3 Å². The van der Waals surface area contributed by atoms with Gasteiger partial charge in [-0.2, -0.15) is 0 Å². The first-order valence-corrected chi connectivity index (χ1v) is 13.3. The highest BCUT2D eigenvalue weighted by Gasteiger charge is 2.25. The second-order valence-corrected chi connectivity index (χ2v) is 9.61. The first kappa shape index (κ1) is 26.2. The van der Waals surface area contributed by atoms with Crippen molar-refractivity contribution in [3.63, 3.8) is 0 Å². The monoisotopic (exact) mass is 527 g/mol. The van der Waals surface area contributed by atoms with Crippen molar-refractivity contribution in [2.75, 3.05) is 62.6 Å². The number of amides is 3. The first-order chi connectivity index (χ1) is 19.1. The summed E-state index contributed by atoms with van der Waals surface area (Å²) >= 11 is 0. The van der Waals surface area contributed by atoms with Crippen molar-refractivity contribution in [3.8, 4) is 0 Å². The predicted octanol–water partition coefficient (Wildman–Crippen LogP) is 3.44. The lowest BCUT2D eigenvalue weighted by atomic mass is 10.1. The average Bonchev–Trinajstić information content (AvgIpc) is 3.01. The molecule has 0 aliphatic carbocycles. The van der Waals surface area contributed by atoms with Gasteiger partial charge in [-0.05, 0) is 35.9 Å². The van der Waals surface area contributed by atoms with Gasteiger partial charge in [0.2, 0.25) is 0 Å². The van der Waals surface area contributed by atoms with Crippen LogP contribution in [0, 0.1) is 0 Å². The number of hydrogen-bond acceptors (Lipinski definition) is 6. The molecule has 2 fully saturated rings. The Morgan fingerprint density at radius 1 is 0.718 bits per heavy atom. The Hall–Kier alpha value is -4.37. The topological polar surface area (TPSA) is 94.2 Å². The van der Waals surface area contributed by atoms with Crippen LogP contribution >= 0.6 is 0 Å². The third kappa shape index (κ3) is 6.56. The van der Waals surface area contributed by atoms with E-state index in [9.17, 15) is 14.4 Å². The molecule has 2 aliphatic heterocycles. The van der Waals surface area contributed by atoms with E-state index in [1.165, 1.54) is 0 Å². The predicted molar refractivity (Wildman–Crippen MR) is 150 cm³/mol. The van der Waals surface area contributed by atoms with Crippen LogP contribution in [0.5, 0.6) is 0 Å². The molecule has 0 saturated carbocycles. The minimum absolute atomic E-state index is 0.00931. The molecule has 0 aromatic heterocycles. The van der Waals surface area contributed by atoms with Crippen LogP contribution in [0.3, 0.4) is 0 Å². The normalized spacial score (nSPS) is 15.5. The molecule has 2 heterocycles. The summed E-state index contributed by atoms with van der Waals surface area (Å²) in [4.78, 5) is 44.7. The number of carbonyl (C=O) groups is 3. The van der Waals surface area contributed by atoms with E-state index in [4.69, 9.17) is 4.74 Å². The number of ether oxygens (including phenoxy) is 1. The fraction of sp³-hybridized carbons (Fsp3) is 0.300. The molecule has 0 radical (unpaired) electrons. The highest BCUT2D eigenvalue weighted by atomic mass is 16.5. The van der Waals surface area contributed by atoms with E-state index in [1.807, 2.05) is 82.6 Å². The lowest BCUT2D eigenvalue weighted by Gasteiger charge is -2.37. The van der Waals surface area contributed by atoms with Crippen LogP contribution in [-0.4, -0.2) is 80.1 Å². The molecule has 3 amide bonds. The number of anilines is 2. The first-order valence-electron chi connectivity index (χ1n) is 13.3. The van der Waals surface area contributed by atoms with Gasteiger partial charge in [-0.25, -0.2) is 4.79 Å². The zero-order valence-corrected chi connectivity index (χ0v) is 21.8. The second kappa shape index (κ2) is 12.4. The minimum atomic E-state index is -0.593. The van der Waals surface area contributed by atoms with Gasteiger partial charge in [-0.3, -0.25) is 14.9 Å². The molecule has 0 atom stereocenters. The van der Waals surface area contributed by atoms with Crippen LogP contribution in [0.25, 0.3) is 0 Å². The number of rotatable bonds is 6. The van der Waals surface area contributed by atoms with Gasteiger partial charge in [0, 0.05) is 63.5 Å². The van der Waals surface area contributed by atoms with Crippen molar-refractivity contribution >= 4 is 29.3 Å². The smallest absolute Gasteiger partial charge is 0.412 e. The number of benzene rings is 3. The molecule has 2 N–H and O–H groups in total. The number of hydrogen-bond donors (Lipinski definition) is 2. The Balaban J connectivity index is 1.31. The van der Waals surface area contributed by atoms with E-state index < -0.39 is 6.09 Å². The number of carbonyl (C=O) groups excluding carboxylic acids is 3. The maximum absolute atomic E-state index is 13.2. The molecule has 39 heavy (non-hydrogen) atoms. The fourth-order valence-corrected chi connectivity index (χ4v) is 4.88. The molecular formula is C30H33N5O4. The van der Waals surface area contributed by atoms with Gasteiger partial charge < -0.3 is 24.8 Å². The third-order valence-corrected chi connectivity index (χ3v) is 7.03. The second-order valence-electron chi connectivity index (χ2n) is 9.61. The SMILES string of the molecule is O=C(Nc1cc(C(=O)N2CCNCC2)ccc1N1CCN(C(=O)c2ccccc2)CC1)OCc1ccccc1. The van der Waals surface area contributed by atoms with Crippen molar-refractivity contribution in [2.45, 2.75) is 6.61 Å². The Kier molecular flexibility index (Phi) is 8.38. The van der Waals surface area contributed by atoms with Crippen LogP contribution in [0.1, 0.15) is 26.3 Å². The number of piperazine rings is 2. The van der Waals surface area contributed by atoms with E-state index in [0.29, 0.717) is 56.1 Å². The number of nitrogens with zero attached hydrogens (tertiary/aromatic N) is 3. The molecule has 2 aliphatic rings. The zero-order valence-electron chi connectivity index (χ0n) is 21.8. The van der Waals surface area contributed by atoms with Gasteiger partial charge >= 0.3 is 6.09 Å². The van der Waals surface area contributed by atoms with E-state index in [0.717, 1.165) is 24.3 Å². The van der Waals surface area contributed by atoms with Crippen molar-refractivity contribution in [2.24, 2.45) is 0 Å². The van der Waals surface area contributed by atoms with Crippen LogP contribution < -0.4 is 15.5 Å². The Morgan fingerprint density at radius 2 is 1.33 bits per heavy atom. The lowest BCUT2D eigenvalue weighted by Crippen LogP contribution is -2.49. The van der Waals surface area contributed by atoms with Gasteiger partial charge in [0.25, 0.3) is 11.8 Å². The molecule has 0 spiro atoms. The molecule has 3 aromatic carbocycles. The highest BCUT2D eigenvalue weighted by molar-refractivity contribution is 5.99. The van der Waals surface area contributed by atoms with E-state index in [1.54, 1.807) is 6.07 Å². The Morgan fingerprint density at radius 3 is 2.03 bits per heavy atom. The molecule has 202 valence electrons. The molecule has 0 unspecified atom stereocenters. The largest absolute Gasteiger partial charge is 0.444 e. The van der Waals surface area contributed by atoms with Gasteiger partial charge in [-0.15, -0.1) is 0 Å². The van der Waals surface area contributed by atoms with Crippen molar-refractivity contribution in [1.29, 1.82) is 0 Å². The fourth-order valence-electron chi connectivity index (χ4n) is 4.88. The van der Waals surface area contributed by atoms with Gasteiger partial charge in [0.05, 0.1) is 11.4 Å². The maximum Gasteiger partial charge on any atom is 0.412 e. The molecule has 0 bridgehead atoms. The third-order valence-electron chi connectivity index (χ3n) is 7.03. The zero-order chi connectivity index (χ0) is 27.0. The van der Waals surface area contributed by atoms with E-state index in [2.05, 4.69) is 15.5 Å². The molecule has 9 heteroatoms. The lowest BCUT2D eigenvalue weighted by molar-refractivity contribution is 0.0731. The van der Waals surface area contributed by atoms with Crippen molar-refractivity contribution in [1.82, 2.24) is 15.1 Å². The highest BCUT2D eigenvalue weighted by Crippen LogP contribution is 2.29. The number of nitrogens with one attached hydrogen (secondary N) is 2. The Labute approximate surface area is 228 Å². The van der Waals surface area contributed by atoms with Crippen LogP contribution in [0.4, 0.5) is 16.2 Å². The standard InChI is InChI=1S/C30H33N5O4/c36-28(24-9-5-2-6-10-24)35-19-17-33(18-20-35)27-12-11-25(29(37)34-15-13-31-14-16-34)21-26(27)32-30(38)39-22-23-7-3-1-4-8-23/h1-12,21,31H,13-20,22H2,(H,32,38). The van der Waals surface area contributed by atoms with Crippen molar-refractivity contribution in [3.05, 3.63) is 95.6 Å². The van der Waals surface area contributed by atoms with E-state index in [-0.39, 0.29) is 18.4 Å². The van der Waals surface area contributed by atoms with Crippen molar-refractivity contribution < 1.29 is 19.1 Å².